The Bertz CT molecular complexity index is 999. The predicted molar refractivity (Wildman–Crippen MR) is 125 cm³/mol. The summed E-state index contributed by atoms with van der Waals surface area (Å²) in [6, 6.07) is 14.3. The fourth-order valence-corrected chi connectivity index (χ4v) is 4.20. The topological polar surface area (TPSA) is 83.6 Å². The summed E-state index contributed by atoms with van der Waals surface area (Å²) >= 11 is 1.10. The summed E-state index contributed by atoms with van der Waals surface area (Å²) in [5.74, 6) is -0.384. The quantitative estimate of drug-likeness (QED) is 0.321. The van der Waals surface area contributed by atoms with E-state index in [1.165, 1.54) is 23.1 Å². The summed E-state index contributed by atoms with van der Waals surface area (Å²) < 4.78 is 25.6. The minimum Gasteiger partial charge on any atom is -0.444 e. The van der Waals surface area contributed by atoms with Gasteiger partial charge in [-0.2, -0.15) is 0 Å². The molecule has 0 aromatic heterocycles. The van der Waals surface area contributed by atoms with Gasteiger partial charge in [0.1, 0.15) is 17.7 Å². The summed E-state index contributed by atoms with van der Waals surface area (Å²) in [6.07, 6.45) is -0.0889. The first-order chi connectivity index (χ1) is 16.5. The van der Waals surface area contributed by atoms with Crippen molar-refractivity contribution in [1.82, 2.24) is 10.6 Å². The molecule has 1 amide bonds. The number of ether oxygens (including phenoxy) is 1. The highest BCUT2D eigenvalue weighted by atomic mass is 32.2. The van der Waals surface area contributed by atoms with Gasteiger partial charge in [-0.25, -0.2) is 14.6 Å². The van der Waals surface area contributed by atoms with Crippen LogP contribution >= 0.6 is 12.0 Å². The van der Waals surface area contributed by atoms with Crippen molar-refractivity contribution in [3.8, 4) is 0 Å². The maximum Gasteiger partial charge on any atom is 0.414 e. The lowest BCUT2D eigenvalue weighted by Gasteiger charge is -2.24. The molecule has 0 saturated carbocycles. The molecule has 0 bridgehead atoms. The van der Waals surface area contributed by atoms with Crippen LogP contribution in [0.25, 0.3) is 0 Å². The van der Waals surface area contributed by atoms with Crippen molar-refractivity contribution in [1.29, 1.82) is 0 Å². The van der Waals surface area contributed by atoms with E-state index in [-0.39, 0.29) is 11.9 Å². The van der Waals surface area contributed by atoms with E-state index in [0.29, 0.717) is 56.9 Å². The van der Waals surface area contributed by atoms with Crippen molar-refractivity contribution < 1.29 is 28.0 Å². The first-order valence-corrected chi connectivity index (χ1v) is 11.8. The van der Waals surface area contributed by atoms with E-state index in [4.69, 9.17) is 14.1 Å². The van der Waals surface area contributed by atoms with E-state index in [0.717, 1.165) is 16.9 Å². The molecule has 2 aromatic carbocycles. The van der Waals surface area contributed by atoms with Gasteiger partial charge in [-0.05, 0) is 43.7 Å². The molecule has 1 N–H and O–H groups in total. The first kappa shape index (κ1) is 24.4. The van der Waals surface area contributed by atoms with Crippen LogP contribution in [0.15, 0.2) is 53.4 Å². The van der Waals surface area contributed by atoms with Gasteiger partial charge in [0.15, 0.2) is 0 Å². The largest absolute Gasteiger partial charge is 0.444 e. The predicted octanol–water partition coefficient (Wildman–Crippen LogP) is 3.72. The molecule has 2 heterocycles. The summed E-state index contributed by atoms with van der Waals surface area (Å²) in [5, 5.41) is 1.48. The van der Waals surface area contributed by atoms with Crippen molar-refractivity contribution in [2.45, 2.75) is 30.8 Å². The van der Waals surface area contributed by atoms with Crippen LogP contribution in [0.4, 0.5) is 20.6 Å². The van der Waals surface area contributed by atoms with Gasteiger partial charge in [0.2, 0.25) is 0 Å². The number of anilines is 2. The van der Waals surface area contributed by atoms with E-state index in [2.05, 4.69) is 5.43 Å². The van der Waals surface area contributed by atoms with Gasteiger partial charge >= 0.3 is 6.09 Å². The Morgan fingerprint density at radius 1 is 1.21 bits per heavy atom. The molecule has 182 valence electrons. The Balaban J connectivity index is 1.30. The number of hydrogen-bond donors (Lipinski definition) is 1. The van der Waals surface area contributed by atoms with Gasteiger partial charge in [0.05, 0.1) is 36.5 Å². The van der Waals surface area contributed by atoms with Crippen LogP contribution in [0.3, 0.4) is 0 Å². The highest BCUT2D eigenvalue weighted by Gasteiger charge is 2.33. The van der Waals surface area contributed by atoms with Gasteiger partial charge in [0.25, 0.3) is 0 Å². The Kier molecular flexibility index (Phi) is 8.35. The van der Waals surface area contributed by atoms with E-state index >= 15 is 4.39 Å². The number of amides is 1. The second kappa shape index (κ2) is 11.6. The van der Waals surface area contributed by atoms with Crippen LogP contribution in [0.1, 0.15) is 19.8 Å². The lowest BCUT2D eigenvalue weighted by molar-refractivity contribution is -0.377. The third kappa shape index (κ3) is 6.45. The number of hydroxylamine groups is 1. The number of cyclic esters (lactones) is 1. The normalized spacial score (nSPS) is 19.2. The van der Waals surface area contributed by atoms with Crippen molar-refractivity contribution in [3.63, 3.8) is 0 Å². The molecule has 2 saturated heterocycles. The SMILES string of the molecule is CC(=O)CC[C@H]1CN(c2ccc(N3CCNN(OOSc4ccccc4)CC3)c(F)c2)C(=O)O1. The number of carbonyl (C=O) groups excluding carboxylic acids is 2. The number of nitrogens with zero attached hydrogens (tertiary/aromatic N) is 3. The monoisotopic (exact) mass is 490 g/mol. The first-order valence-electron chi connectivity index (χ1n) is 11.1. The molecule has 0 aliphatic carbocycles. The lowest BCUT2D eigenvalue weighted by atomic mass is 10.1. The number of nitrogens with one attached hydrogen (secondary N) is 1. The van der Waals surface area contributed by atoms with E-state index in [9.17, 15) is 9.59 Å². The van der Waals surface area contributed by atoms with E-state index in [1.54, 1.807) is 12.1 Å². The molecule has 2 aliphatic heterocycles. The van der Waals surface area contributed by atoms with E-state index < -0.39 is 11.9 Å². The Morgan fingerprint density at radius 3 is 2.79 bits per heavy atom. The molecule has 34 heavy (non-hydrogen) atoms. The summed E-state index contributed by atoms with van der Waals surface area (Å²) in [5.41, 5.74) is 3.96. The molecule has 0 spiro atoms. The van der Waals surface area contributed by atoms with Gasteiger partial charge in [-0.1, -0.05) is 23.4 Å². The second-order valence-electron chi connectivity index (χ2n) is 8.03. The summed E-state index contributed by atoms with van der Waals surface area (Å²) in [6.45, 7) is 3.82. The number of halogens is 1. The van der Waals surface area contributed by atoms with E-state index in [1.807, 2.05) is 35.2 Å². The standard InChI is InChI=1S/C23H27FN4O5S/c1-17(29)7-9-19-16-27(23(30)31-19)18-8-10-22(21(24)15-18)26-12-11-25-28(14-13-26)32-33-34-20-5-3-2-4-6-20/h2-6,8,10,15,19,25H,7,9,11-14,16H2,1H3/t19-/m0/s1. The van der Waals surface area contributed by atoms with Crippen LogP contribution in [0.2, 0.25) is 0 Å². The molecule has 2 aromatic rings. The average Bonchev–Trinajstić information content (AvgIpc) is 3.04. The molecule has 0 radical (unpaired) electrons. The smallest absolute Gasteiger partial charge is 0.414 e. The van der Waals surface area contributed by atoms with Crippen LogP contribution in [-0.2, 0) is 18.9 Å². The average molecular weight is 491 g/mol. The van der Waals surface area contributed by atoms with Crippen molar-refractivity contribution in [2.75, 3.05) is 42.5 Å². The molecular weight excluding hydrogens is 463 g/mol. The zero-order valence-electron chi connectivity index (χ0n) is 18.8. The number of rotatable bonds is 9. The summed E-state index contributed by atoms with van der Waals surface area (Å²) in [4.78, 5) is 32.9. The third-order valence-electron chi connectivity index (χ3n) is 5.51. The molecule has 11 heteroatoms. The Labute approximate surface area is 201 Å². The highest BCUT2D eigenvalue weighted by molar-refractivity contribution is 7.94. The van der Waals surface area contributed by atoms with Crippen molar-refractivity contribution >= 4 is 35.3 Å². The van der Waals surface area contributed by atoms with Crippen LogP contribution < -0.4 is 15.2 Å². The number of ketones is 1. The molecular formula is C23H27FN4O5S. The molecule has 4 rings (SSSR count). The number of Topliss-reactive ketones (excluding diaryl/α,β-unsaturated/α-hetero) is 1. The van der Waals surface area contributed by atoms with Crippen LogP contribution in [0.5, 0.6) is 0 Å². The van der Waals surface area contributed by atoms with Crippen molar-refractivity contribution in [3.05, 3.63) is 54.3 Å². The molecule has 1 atom stereocenters. The molecule has 2 fully saturated rings. The van der Waals surface area contributed by atoms with Crippen molar-refractivity contribution in [2.24, 2.45) is 0 Å². The lowest BCUT2D eigenvalue weighted by Crippen LogP contribution is -2.38. The highest BCUT2D eigenvalue weighted by Crippen LogP contribution is 2.29. The molecule has 9 nitrogen and oxygen atoms in total. The maximum atomic E-state index is 15.0. The number of hydrazine groups is 1. The number of hydrogen-bond acceptors (Lipinski definition) is 9. The van der Waals surface area contributed by atoms with Gasteiger partial charge in [0, 0.05) is 31.0 Å². The Hall–Kier alpha value is -2.70. The molecule has 2 aliphatic rings. The van der Waals surface area contributed by atoms with Crippen LogP contribution in [-0.4, -0.2) is 55.9 Å². The third-order valence-corrected chi connectivity index (χ3v) is 6.11. The van der Waals surface area contributed by atoms with Gasteiger partial charge in [-0.15, -0.1) is 9.32 Å². The maximum absolute atomic E-state index is 15.0. The molecule has 0 unspecified atom stereocenters. The zero-order chi connectivity index (χ0) is 23.9. The van der Waals surface area contributed by atoms with Crippen LogP contribution in [0, 0.1) is 5.82 Å². The summed E-state index contributed by atoms with van der Waals surface area (Å²) in [7, 11) is 0. The minimum atomic E-state index is -0.527. The fourth-order valence-electron chi connectivity index (χ4n) is 3.75. The second-order valence-corrected chi connectivity index (χ2v) is 8.80. The Morgan fingerprint density at radius 2 is 2.03 bits per heavy atom. The number of carbonyl (C=O) groups is 2. The number of benzene rings is 2. The minimum absolute atomic E-state index is 0.0438. The van der Waals surface area contributed by atoms with Gasteiger partial charge < -0.3 is 14.4 Å². The van der Waals surface area contributed by atoms with Gasteiger partial charge in [-0.3, -0.25) is 4.90 Å². The zero-order valence-corrected chi connectivity index (χ0v) is 19.6. The fraction of sp³-hybridized carbons (Fsp3) is 0.391.